The summed E-state index contributed by atoms with van der Waals surface area (Å²) in [5.41, 5.74) is 0. The second-order valence-corrected chi connectivity index (χ2v) is 0.925. The number of esters is 1. The molecule has 2 nitrogen and oxygen atoms in total. The first-order valence-electron chi connectivity index (χ1n) is 1.90. The standard InChI is InChI=1S/C4H8O2.2BrH/c1-3-6-4(2)5;;/h3H2,1-2H3;2*1H. The Kier molecular flexibility index (Phi) is 20.6. The predicted molar refractivity (Wildman–Crippen MR) is 43.0 cm³/mol. The number of carbonyl (C=O) groups excluding carboxylic acids is 1. The third kappa shape index (κ3) is 16.1. The summed E-state index contributed by atoms with van der Waals surface area (Å²) in [6.07, 6.45) is 0. The van der Waals surface area contributed by atoms with Gasteiger partial charge in [-0.05, 0) is 6.92 Å². The zero-order chi connectivity index (χ0) is 4.99. The lowest BCUT2D eigenvalue weighted by Crippen LogP contribution is -1.95. The molecule has 0 aliphatic heterocycles. The molecule has 0 aliphatic carbocycles. The Morgan fingerprint density at radius 2 is 1.88 bits per heavy atom. The van der Waals surface area contributed by atoms with Crippen molar-refractivity contribution in [1.82, 2.24) is 0 Å². The van der Waals surface area contributed by atoms with Crippen LogP contribution in [0.1, 0.15) is 13.8 Å². The summed E-state index contributed by atoms with van der Waals surface area (Å²) < 4.78 is 4.40. The van der Waals surface area contributed by atoms with Crippen LogP contribution in [0.15, 0.2) is 0 Å². The zero-order valence-electron chi connectivity index (χ0n) is 4.84. The van der Waals surface area contributed by atoms with Crippen molar-refractivity contribution in [3.05, 3.63) is 0 Å². The molecule has 0 N–H and O–H groups in total. The van der Waals surface area contributed by atoms with Crippen LogP contribution in [0.25, 0.3) is 0 Å². The maximum absolute atomic E-state index is 9.82. The van der Waals surface area contributed by atoms with E-state index in [4.69, 9.17) is 0 Å². The number of ether oxygens (including phenoxy) is 1. The number of hydrogen-bond acceptors (Lipinski definition) is 2. The largest absolute Gasteiger partial charge is 0.466 e. The molecule has 0 heterocycles. The van der Waals surface area contributed by atoms with Crippen molar-refractivity contribution in [3.63, 3.8) is 0 Å². The Bertz CT molecular complexity index is 56.0. The Morgan fingerprint density at radius 1 is 1.50 bits per heavy atom. The van der Waals surface area contributed by atoms with Crippen molar-refractivity contribution in [2.75, 3.05) is 6.61 Å². The van der Waals surface area contributed by atoms with Gasteiger partial charge in [0.1, 0.15) is 0 Å². The van der Waals surface area contributed by atoms with Crippen molar-refractivity contribution in [2.45, 2.75) is 13.8 Å². The molecule has 0 saturated carbocycles. The van der Waals surface area contributed by atoms with Gasteiger partial charge >= 0.3 is 5.97 Å². The Labute approximate surface area is 70.1 Å². The topological polar surface area (TPSA) is 26.3 Å². The van der Waals surface area contributed by atoms with Crippen LogP contribution >= 0.6 is 34.0 Å². The fourth-order valence-electron chi connectivity index (χ4n) is 0.203. The fraction of sp³-hybridized carbons (Fsp3) is 0.750. The van der Waals surface area contributed by atoms with E-state index in [9.17, 15) is 4.79 Å². The summed E-state index contributed by atoms with van der Waals surface area (Å²) in [5, 5.41) is 0. The molecule has 0 fully saturated rings. The van der Waals surface area contributed by atoms with Crippen LogP contribution in [0.4, 0.5) is 0 Å². The highest BCUT2D eigenvalue weighted by molar-refractivity contribution is 8.93. The van der Waals surface area contributed by atoms with Crippen LogP contribution < -0.4 is 0 Å². The van der Waals surface area contributed by atoms with Crippen molar-refractivity contribution in [1.29, 1.82) is 0 Å². The number of hydrogen-bond donors (Lipinski definition) is 0. The van der Waals surface area contributed by atoms with Gasteiger partial charge in [-0.25, -0.2) is 0 Å². The van der Waals surface area contributed by atoms with Gasteiger partial charge < -0.3 is 4.74 Å². The highest BCUT2D eigenvalue weighted by Crippen LogP contribution is 1.69. The summed E-state index contributed by atoms with van der Waals surface area (Å²) >= 11 is 0. The first-order valence-corrected chi connectivity index (χ1v) is 1.90. The van der Waals surface area contributed by atoms with E-state index < -0.39 is 0 Å². The number of rotatable bonds is 1. The first kappa shape index (κ1) is 15.8. The molecule has 0 amide bonds. The van der Waals surface area contributed by atoms with Crippen LogP contribution in [0.2, 0.25) is 0 Å². The lowest BCUT2D eigenvalue weighted by atomic mass is 10.8. The van der Waals surface area contributed by atoms with Gasteiger partial charge in [0.2, 0.25) is 0 Å². The van der Waals surface area contributed by atoms with Gasteiger partial charge in [-0.2, -0.15) is 0 Å². The van der Waals surface area contributed by atoms with Crippen LogP contribution in [0.5, 0.6) is 0 Å². The summed E-state index contributed by atoms with van der Waals surface area (Å²) in [6.45, 7) is 3.65. The Hall–Kier alpha value is 0.430. The molecule has 0 aromatic rings. The van der Waals surface area contributed by atoms with Crippen molar-refractivity contribution in [3.8, 4) is 0 Å². The number of halogens is 2. The maximum atomic E-state index is 9.82. The molecule has 0 saturated heterocycles. The second-order valence-electron chi connectivity index (χ2n) is 0.925. The molecule has 0 atom stereocenters. The molecule has 0 aromatic heterocycles. The monoisotopic (exact) mass is 248 g/mol. The number of carbonyl (C=O) groups is 1. The molecule has 0 spiro atoms. The van der Waals surface area contributed by atoms with Crippen molar-refractivity contribution < 1.29 is 9.53 Å². The van der Waals surface area contributed by atoms with E-state index in [1.807, 2.05) is 0 Å². The van der Waals surface area contributed by atoms with Crippen LogP contribution in [-0.4, -0.2) is 12.6 Å². The average molecular weight is 250 g/mol. The van der Waals surface area contributed by atoms with Gasteiger partial charge in [-0.1, -0.05) is 0 Å². The summed E-state index contributed by atoms with van der Waals surface area (Å²) in [5.74, 6) is -0.211. The molecule has 0 rings (SSSR count). The van der Waals surface area contributed by atoms with Crippen molar-refractivity contribution in [2.24, 2.45) is 0 Å². The van der Waals surface area contributed by atoms with Gasteiger partial charge in [0, 0.05) is 6.92 Å². The highest BCUT2D eigenvalue weighted by Gasteiger charge is 1.81. The average Bonchev–Trinajstić information content (AvgIpc) is 1.35. The van der Waals surface area contributed by atoms with E-state index in [2.05, 4.69) is 4.74 Å². The maximum Gasteiger partial charge on any atom is 0.302 e. The van der Waals surface area contributed by atoms with Crippen LogP contribution in [-0.2, 0) is 9.53 Å². The fourth-order valence-corrected chi connectivity index (χ4v) is 0.203. The Balaban J connectivity index is -0.000000125. The minimum Gasteiger partial charge on any atom is -0.466 e. The minimum atomic E-state index is -0.211. The summed E-state index contributed by atoms with van der Waals surface area (Å²) in [4.78, 5) is 9.82. The molecule has 0 bridgehead atoms. The normalized spacial score (nSPS) is 5.75. The highest BCUT2D eigenvalue weighted by atomic mass is 79.9. The van der Waals surface area contributed by atoms with E-state index >= 15 is 0 Å². The molecular formula is C4H10Br2O2. The van der Waals surface area contributed by atoms with Crippen LogP contribution in [0.3, 0.4) is 0 Å². The van der Waals surface area contributed by atoms with E-state index in [1.54, 1.807) is 6.92 Å². The molecule has 52 valence electrons. The molecule has 0 unspecified atom stereocenters. The van der Waals surface area contributed by atoms with Gasteiger partial charge in [0.25, 0.3) is 0 Å². The molecular weight excluding hydrogens is 240 g/mol. The molecule has 8 heavy (non-hydrogen) atoms. The molecule has 0 aromatic carbocycles. The van der Waals surface area contributed by atoms with E-state index in [1.165, 1.54) is 6.92 Å². The van der Waals surface area contributed by atoms with Gasteiger partial charge in [-0.3, -0.25) is 4.79 Å². The molecule has 0 aliphatic rings. The van der Waals surface area contributed by atoms with Gasteiger partial charge in [-0.15, -0.1) is 34.0 Å². The van der Waals surface area contributed by atoms with E-state index in [0.29, 0.717) is 6.61 Å². The summed E-state index contributed by atoms with van der Waals surface area (Å²) in [7, 11) is 0. The SMILES string of the molecule is Br.Br.CCOC(C)=O. The lowest BCUT2D eigenvalue weighted by molar-refractivity contribution is -0.140. The predicted octanol–water partition coefficient (Wildman–Crippen LogP) is 1.73. The smallest absolute Gasteiger partial charge is 0.302 e. The van der Waals surface area contributed by atoms with Crippen LogP contribution in [0, 0.1) is 0 Å². The minimum absolute atomic E-state index is 0. The van der Waals surface area contributed by atoms with Gasteiger partial charge in [0.15, 0.2) is 0 Å². The van der Waals surface area contributed by atoms with E-state index in [-0.39, 0.29) is 39.9 Å². The quantitative estimate of drug-likeness (QED) is 0.662. The lowest BCUT2D eigenvalue weighted by Gasteiger charge is -1.89. The molecule has 4 heteroatoms. The van der Waals surface area contributed by atoms with Gasteiger partial charge in [0.05, 0.1) is 6.61 Å². The first-order chi connectivity index (χ1) is 2.77. The van der Waals surface area contributed by atoms with Crippen molar-refractivity contribution >= 4 is 39.9 Å². The summed E-state index contributed by atoms with van der Waals surface area (Å²) in [6, 6.07) is 0. The third-order valence-electron chi connectivity index (χ3n) is 0.348. The zero-order valence-corrected chi connectivity index (χ0v) is 8.27. The Morgan fingerprint density at radius 3 is 1.88 bits per heavy atom. The molecule has 0 radical (unpaired) electrons. The third-order valence-corrected chi connectivity index (χ3v) is 0.348. The van der Waals surface area contributed by atoms with E-state index in [0.717, 1.165) is 0 Å². The second kappa shape index (κ2) is 10.4.